The monoisotopic (exact) mass is 154 g/mol. The first-order valence-corrected chi connectivity index (χ1v) is 3.96. The SMILES string of the molecule is CC1=CC(C)(C)N([O])C1(C)C. The van der Waals surface area contributed by atoms with Crippen LogP contribution in [0.5, 0.6) is 0 Å². The van der Waals surface area contributed by atoms with Gasteiger partial charge in [-0.25, -0.2) is 0 Å². The van der Waals surface area contributed by atoms with Crippen LogP contribution < -0.4 is 0 Å². The molecule has 0 N–H and O–H groups in total. The lowest BCUT2D eigenvalue weighted by atomic mass is 9.99. The first-order chi connectivity index (χ1) is 4.78. The molecule has 0 aromatic heterocycles. The molecule has 0 atom stereocenters. The zero-order chi connectivity index (χ0) is 8.86. The van der Waals surface area contributed by atoms with E-state index in [-0.39, 0.29) is 11.1 Å². The maximum atomic E-state index is 11.6. The van der Waals surface area contributed by atoms with Gasteiger partial charge in [-0.2, -0.15) is 0 Å². The van der Waals surface area contributed by atoms with Crippen LogP contribution in [0.2, 0.25) is 0 Å². The average Bonchev–Trinajstić information content (AvgIpc) is 1.94. The van der Waals surface area contributed by atoms with Crippen LogP contribution in [0.1, 0.15) is 34.6 Å². The molecule has 1 heterocycles. The predicted molar refractivity (Wildman–Crippen MR) is 44.4 cm³/mol. The van der Waals surface area contributed by atoms with E-state index in [9.17, 15) is 5.21 Å². The summed E-state index contributed by atoms with van der Waals surface area (Å²) in [5.74, 6) is 0. The fourth-order valence-electron chi connectivity index (χ4n) is 1.65. The van der Waals surface area contributed by atoms with Crippen molar-refractivity contribution in [2.45, 2.75) is 45.7 Å². The molecule has 0 aromatic rings. The molecule has 0 aromatic carbocycles. The summed E-state index contributed by atoms with van der Waals surface area (Å²) in [5, 5.41) is 12.8. The van der Waals surface area contributed by atoms with Crippen LogP contribution in [-0.4, -0.2) is 16.1 Å². The second kappa shape index (κ2) is 2.08. The van der Waals surface area contributed by atoms with Crippen molar-refractivity contribution in [3.8, 4) is 0 Å². The van der Waals surface area contributed by atoms with Gasteiger partial charge in [0.1, 0.15) is 0 Å². The Hall–Kier alpha value is -0.340. The van der Waals surface area contributed by atoms with Crippen molar-refractivity contribution >= 4 is 0 Å². The van der Waals surface area contributed by atoms with Crippen LogP contribution in [0.4, 0.5) is 0 Å². The van der Waals surface area contributed by atoms with Gasteiger partial charge in [0.15, 0.2) is 0 Å². The van der Waals surface area contributed by atoms with Crippen molar-refractivity contribution in [2.75, 3.05) is 0 Å². The minimum atomic E-state index is -0.326. The molecule has 0 unspecified atom stereocenters. The van der Waals surface area contributed by atoms with Crippen molar-refractivity contribution < 1.29 is 5.21 Å². The third-order valence-electron chi connectivity index (χ3n) is 2.57. The molecule has 0 saturated carbocycles. The Morgan fingerprint density at radius 1 is 1.27 bits per heavy atom. The fourth-order valence-corrected chi connectivity index (χ4v) is 1.65. The zero-order valence-electron chi connectivity index (χ0n) is 7.93. The number of hydroxylamine groups is 2. The number of nitrogens with zero attached hydrogens (tertiary/aromatic N) is 1. The van der Waals surface area contributed by atoms with Gasteiger partial charge in [-0.05, 0) is 34.6 Å². The highest BCUT2D eigenvalue weighted by molar-refractivity contribution is 5.27. The van der Waals surface area contributed by atoms with E-state index in [1.54, 1.807) is 0 Å². The standard InChI is InChI=1S/C9H16NO/c1-7-6-8(2,3)10(11)9(7,4)5/h6H,1-5H3. The molecule has 0 aliphatic carbocycles. The Morgan fingerprint density at radius 3 is 1.82 bits per heavy atom. The summed E-state index contributed by atoms with van der Waals surface area (Å²) in [6.45, 7) is 9.82. The molecule has 0 amide bonds. The third kappa shape index (κ3) is 1.10. The van der Waals surface area contributed by atoms with Gasteiger partial charge in [0.25, 0.3) is 0 Å². The van der Waals surface area contributed by atoms with Gasteiger partial charge in [-0.3, -0.25) is 0 Å². The minimum absolute atomic E-state index is 0.316. The molecule has 1 radical (unpaired) electrons. The van der Waals surface area contributed by atoms with Crippen molar-refractivity contribution in [1.29, 1.82) is 0 Å². The molecule has 2 heteroatoms. The first kappa shape index (κ1) is 8.75. The van der Waals surface area contributed by atoms with E-state index in [1.807, 2.05) is 40.7 Å². The molecule has 11 heavy (non-hydrogen) atoms. The Labute approximate surface area is 68.5 Å². The third-order valence-corrected chi connectivity index (χ3v) is 2.57. The van der Waals surface area contributed by atoms with Crippen LogP contribution in [0.25, 0.3) is 0 Å². The summed E-state index contributed by atoms with van der Waals surface area (Å²) in [5.41, 5.74) is 0.523. The molecule has 1 aliphatic rings. The number of rotatable bonds is 0. The average molecular weight is 154 g/mol. The van der Waals surface area contributed by atoms with E-state index in [1.165, 1.54) is 0 Å². The van der Waals surface area contributed by atoms with Gasteiger partial charge in [0.05, 0.1) is 11.1 Å². The van der Waals surface area contributed by atoms with Crippen LogP contribution in [0.15, 0.2) is 11.6 Å². The summed E-state index contributed by atoms with van der Waals surface area (Å²) < 4.78 is 0. The molecule has 63 valence electrons. The van der Waals surface area contributed by atoms with E-state index in [0.29, 0.717) is 0 Å². The Balaban J connectivity index is 3.04. The molecule has 0 spiro atoms. The highest BCUT2D eigenvalue weighted by atomic mass is 16.5. The summed E-state index contributed by atoms with van der Waals surface area (Å²) in [6, 6.07) is 0. The molecule has 0 fully saturated rings. The topological polar surface area (TPSA) is 23.1 Å². The van der Waals surface area contributed by atoms with E-state index < -0.39 is 0 Å². The highest BCUT2D eigenvalue weighted by Gasteiger charge is 2.44. The van der Waals surface area contributed by atoms with Gasteiger partial charge < -0.3 is 0 Å². The van der Waals surface area contributed by atoms with Crippen molar-refractivity contribution in [1.82, 2.24) is 5.06 Å². The van der Waals surface area contributed by atoms with Gasteiger partial charge in [0.2, 0.25) is 0 Å². The fraction of sp³-hybridized carbons (Fsp3) is 0.778. The molecule has 0 bridgehead atoms. The van der Waals surface area contributed by atoms with E-state index in [4.69, 9.17) is 0 Å². The second-order valence-electron chi connectivity index (χ2n) is 4.33. The van der Waals surface area contributed by atoms with Crippen molar-refractivity contribution in [3.63, 3.8) is 0 Å². The van der Waals surface area contributed by atoms with E-state index in [2.05, 4.69) is 0 Å². The second-order valence-corrected chi connectivity index (χ2v) is 4.33. The maximum Gasteiger partial charge on any atom is 0.0653 e. The lowest BCUT2D eigenvalue weighted by Crippen LogP contribution is -2.46. The van der Waals surface area contributed by atoms with Crippen molar-refractivity contribution in [2.24, 2.45) is 0 Å². The van der Waals surface area contributed by atoms with E-state index >= 15 is 0 Å². The summed E-state index contributed by atoms with van der Waals surface area (Å²) in [7, 11) is 0. The number of hydrogen-bond donors (Lipinski definition) is 0. The molecular weight excluding hydrogens is 138 g/mol. The van der Waals surface area contributed by atoms with Crippen molar-refractivity contribution in [3.05, 3.63) is 11.6 Å². The van der Waals surface area contributed by atoms with Crippen LogP contribution in [0, 0.1) is 0 Å². The van der Waals surface area contributed by atoms with Crippen LogP contribution >= 0.6 is 0 Å². The van der Waals surface area contributed by atoms with Crippen LogP contribution in [0.3, 0.4) is 0 Å². The summed E-state index contributed by atoms with van der Waals surface area (Å²) in [6.07, 6.45) is 2.04. The Morgan fingerprint density at radius 2 is 1.73 bits per heavy atom. The maximum absolute atomic E-state index is 11.6. The molecule has 1 aliphatic heterocycles. The molecule has 1 rings (SSSR count). The zero-order valence-corrected chi connectivity index (χ0v) is 7.93. The smallest absolute Gasteiger partial charge is 0.0653 e. The number of hydrogen-bond acceptors (Lipinski definition) is 1. The Kier molecular flexibility index (Phi) is 1.66. The van der Waals surface area contributed by atoms with Gasteiger partial charge in [-0.15, -0.1) is 10.3 Å². The minimum Gasteiger partial charge on any atom is -0.136 e. The summed E-state index contributed by atoms with van der Waals surface area (Å²) in [4.78, 5) is 0. The van der Waals surface area contributed by atoms with Crippen LogP contribution in [-0.2, 0) is 5.21 Å². The lowest BCUT2D eigenvalue weighted by molar-refractivity contribution is -0.238. The first-order valence-electron chi connectivity index (χ1n) is 3.96. The van der Waals surface area contributed by atoms with Gasteiger partial charge in [0, 0.05) is 0 Å². The van der Waals surface area contributed by atoms with E-state index in [0.717, 1.165) is 10.6 Å². The lowest BCUT2D eigenvalue weighted by Gasteiger charge is -2.33. The van der Waals surface area contributed by atoms with Gasteiger partial charge in [-0.1, -0.05) is 11.6 Å². The largest absolute Gasteiger partial charge is 0.136 e. The predicted octanol–water partition coefficient (Wildman–Crippen LogP) is 2.15. The summed E-state index contributed by atoms with van der Waals surface area (Å²) >= 11 is 0. The molecular formula is C9H16NO. The highest BCUT2D eigenvalue weighted by Crippen LogP contribution is 2.37. The molecule has 0 saturated heterocycles. The van der Waals surface area contributed by atoms with Gasteiger partial charge >= 0.3 is 0 Å². The normalized spacial score (nSPS) is 28.7. The quantitative estimate of drug-likeness (QED) is 0.490. The Bertz CT molecular complexity index is 204. The molecule has 2 nitrogen and oxygen atoms in total.